The molecule has 0 saturated heterocycles. The Balaban J connectivity index is 2.05. The van der Waals surface area contributed by atoms with E-state index in [1.165, 1.54) is 48.5 Å². The number of esters is 1. The normalized spacial score (nSPS) is 13.0. The molecule has 0 aliphatic rings. The fraction of sp³-hybridized carbons (Fsp3) is 0.391. The number of halogens is 2. The van der Waals surface area contributed by atoms with Crippen LogP contribution in [0, 0.1) is 23.5 Å². The molecule has 1 amide bonds. The van der Waals surface area contributed by atoms with E-state index in [-0.39, 0.29) is 17.4 Å². The minimum Gasteiger partial charge on any atom is -0.458 e. The van der Waals surface area contributed by atoms with Gasteiger partial charge in [0.1, 0.15) is 17.7 Å². The number of nitrogens with one attached hydrogen (secondary N) is 1. The van der Waals surface area contributed by atoms with E-state index in [4.69, 9.17) is 4.74 Å². The molecular weight excluding hydrogens is 376 g/mol. The van der Waals surface area contributed by atoms with E-state index in [2.05, 4.69) is 19.2 Å². The Kier molecular flexibility index (Phi) is 8.31. The van der Waals surface area contributed by atoms with Crippen LogP contribution in [0.3, 0.4) is 0 Å². The van der Waals surface area contributed by atoms with Crippen LogP contribution in [0.2, 0.25) is 0 Å². The van der Waals surface area contributed by atoms with Gasteiger partial charge < -0.3 is 10.1 Å². The van der Waals surface area contributed by atoms with Crippen molar-refractivity contribution in [3.63, 3.8) is 0 Å². The number of hydrogen-bond donors (Lipinski definition) is 1. The molecule has 2 unspecified atom stereocenters. The topological polar surface area (TPSA) is 55.4 Å². The van der Waals surface area contributed by atoms with Crippen LogP contribution in [0.4, 0.5) is 8.78 Å². The van der Waals surface area contributed by atoms with Crippen LogP contribution in [0.1, 0.15) is 54.3 Å². The maximum Gasteiger partial charge on any atom is 0.338 e. The summed E-state index contributed by atoms with van der Waals surface area (Å²) in [5, 5.41) is 2.86. The van der Waals surface area contributed by atoms with Crippen molar-refractivity contribution in [3.8, 4) is 0 Å². The van der Waals surface area contributed by atoms with E-state index in [1.54, 1.807) is 0 Å². The largest absolute Gasteiger partial charge is 0.458 e. The molecule has 1 N–H and O–H groups in total. The Morgan fingerprint density at radius 2 is 1.45 bits per heavy atom. The lowest BCUT2D eigenvalue weighted by molar-refractivity contribution is 0.00952. The van der Waals surface area contributed by atoms with Crippen LogP contribution >= 0.6 is 0 Å². The third kappa shape index (κ3) is 6.97. The van der Waals surface area contributed by atoms with Crippen molar-refractivity contribution >= 4 is 11.9 Å². The van der Waals surface area contributed by atoms with Crippen molar-refractivity contribution in [2.75, 3.05) is 6.54 Å². The summed E-state index contributed by atoms with van der Waals surface area (Å²) in [6.45, 7) is 6.36. The van der Waals surface area contributed by atoms with Gasteiger partial charge in [0.25, 0.3) is 5.91 Å². The van der Waals surface area contributed by atoms with Gasteiger partial charge in [-0.15, -0.1) is 0 Å². The first-order valence-electron chi connectivity index (χ1n) is 9.80. The molecule has 0 radical (unpaired) electrons. The zero-order valence-electron chi connectivity index (χ0n) is 17.0. The first-order valence-corrected chi connectivity index (χ1v) is 9.80. The summed E-state index contributed by atoms with van der Waals surface area (Å²) in [7, 11) is 0. The predicted molar refractivity (Wildman–Crippen MR) is 108 cm³/mol. The molecule has 0 bridgehead atoms. The third-order valence-electron chi connectivity index (χ3n) is 4.67. The number of rotatable bonds is 9. The van der Waals surface area contributed by atoms with Gasteiger partial charge in [-0.25, -0.2) is 13.6 Å². The molecule has 0 spiro atoms. The summed E-state index contributed by atoms with van der Waals surface area (Å²) in [6.07, 6.45) is 0.929. The Morgan fingerprint density at radius 1 is 0.931 bits per heavy atom. The highest BCUT2D eigenvalue weighted by atomic mass is 19.1. The molecule has 4 nitrogen and oxygen atoms in total. The molecule has 2 atom stereocenters. The minimum absolute atomic E-state index is 0.0891. The maximum absolute atomic E-state index is 13.1. The molecule has 2 aromatic rings. The first-order chi connectivity index (χ1) is 13.8. The van der Waals surface area contributed by atoms with Crippen molar-refractivity contribution in [2.24, 2.45) is 11.8 Å². The van der Waals surface area contributed by atoms with Gasteiger partial charge in [0.05, 0.1) is 5.56 Å². The van der Waals surface area contributed by atoms with Crippen LogP contribution < -0.4 is 5.32 Å². The minimum atomic E-state index is -0.518. The van der Waals surface area contributed by atoms with Gasteiger partial charge in [-0.3, -0.25) is 4.79 Å². The van der Waals surface area contributed by atoms with Crippen LogP contribution in [0.15, 0.2) is 48.5 Å². The van der Waals surface area contributed by atoms with E-state index in [1.807, 2.05) is 6.92 Å². The molecule has 29 heavy (non-hydrogen) atoms. The molecule has 156 valence electrons. The van der Waals surface area contributed by atoms with Crippen molar-refractivity contribution in [1.82, 2.24) is 5.32 Å². The molecular formula is C23H27F2NO3. The summed E-state index contributed by atoms with van der Waals surface area (Å²) >= 11 is 0. The molecule has 2 aromatic carbocycles. The lowest BCUT2D eigenvalue weighted by atomic mass is 9.90. The molecule has 0 heterocycles. The average Bonchev–Trinajstić information content (AvgIpc) is 2.69. The number of amides is 1. The van der Waals surface area contributed by atoms with Gasteiger partial charge in [-0.2, -0.15) is 0 Å². The van der Waals surface area contributed by atoms with Crippen molar-refractivity contribution < 1.29 is 23.1 Å². The fourth-order valence-corrected chi connectivity index (χ4v) is 3.20. The van der Waals surface area contributed by atoms with Gasteiger partial charge >= 0.3 is 5.97 Å². The van der Waals surface area contributed by atoms with E-state index >= 15 is 0 Å². The van der Waals surface area contributed by atoms with Crippen LogP contribution in [-0.4, -0.2) is 24.5 Å². The Hall–Kier alpha value is -2.76. The van der Waals surface area contributed by atoms with Gasteiger partial charge in [0.15, 0.2) is 0 Å². The Morgan fingerprint density at radius 3 is 1.93 bits per heavy atom. The molecule has 0 aliphatic heterocycles. The predicted octanol–water partition coefficient (Wildman–Crippen LogP) is 4.99. The van der Waals surface area contributed by atoms with Crippen LogP contribution in [-0.2, 0) is 4.74 Å². The number of hydrogen-bond acceptors (Lipinski definition) is 3. The Bertz CT molecular complexity index is 804. The van der Waals surface area contributed by atoms with Crippen molar-refractivity contribution in [1.29, 1.82) is 0 Å². The fourth-order valence-electron chi connectivity index (χ4n) is 3.20. The van der Waals surface area contributed by atoms with Gasteiger partial charge in [-0.05, 0) is 67.3 Å². The van der Waals surface area contributed by atoms with E-state index in [0.29, 0.717) is 24.4 Å². The van der Waals surface area contributed by atoms with E-state index in [9.17, 15) is 18.4 Å². The molecule has 0 saturated carbocycles. The SMILES string of the molecule is CCC(OC(=O)c1ccc(F)cc1)C(CNC(=O)c1ccc(F)cc1)CC(C)C. The van der Waals surface area contributed by atoms with Crippen LogP contribution in [0.25, 0.3) is 0 Å². The summed E-state index contributed by atoms with van der Waals surface area (Å²) in [4.78, 5) is 24.8. The third-order valence-corrected chi connectivity index (χ3v) is 4.67. The summed E-state index contributed by atoms with van der Waals surface area (Å²) in [6, 6.07) is 10.5. The zero-order valence-corrected chi connectivity index (χ0v) is 17.0. The average molecular weight is 403 g/mol. The molecule has 6 heteroatoms. The second-order valence-corrected chi connectivity index (χ2v) is 7.47. The lowest BCUT2D eigenvalue weighted by Gasteiger charge is -2.28. The first kappa shape index (κ1) is 22.5. The lowest BCUT2D eigenvalue weighted by Crippen LogP contribution is -2.37. The highest BCUT2D eigenvalue weighted by molar-refractivity contribution is 5.94. The summed E-state index contributed by atoms with van der Waals surface area (Å²) in [5.41, 5.74) is 0.648. The van der Waals surface area contributed by atoms with Crippen molar-refractivity contribution in [3.05, 3.63) is 71.3 Å². The molecule has 0 aliphatic carbocycles. The van der Waals surface area contributed by atoms with E-state index < -0.39 is 23.7 Å². The summed E-state index contributed by atoms with van der Waals surface area (Å²) < 4.78 is 31.8. The summed E-state index contributed by atoms with van der Waals surface area (Å²) in [5.74, 6) is -1.41. The number of carbonyl (C=O) groups excluding carboxylic acids is 2. The van der Waals surface area contributed by atoms with Gasteiger partial charge in [0.2, 0.25) is 0 Å². The van der Waals surface area contributed by atoms with Gasteiger partial charge in [0, 0.05) is 18.0 Å². The second kappa shape index (κ2) is 10.7. The van der Waals surface area contributed by atoms with E-state index in [0.717, 1.165) is 6.42 Å². The second-order valence-electron chi connectivity index (χ2n) is 7.47. The molecule has 2 rings (SSSR count). The number of benzene rings is 2. The monoisotopic (exact) mass is 403 g/mol. The standard InChI is InChI=1S/C23H27F2NO3/c1-4-21(29-23(28)17-7-11-20(25)12-8-17)18(13-15(2)3)14-26-22(27)16-5-9-19(24)10-6-16/h5-12,15,18,21H,4,13-14H2,1-3H3,(H,26,27). The van der Waals surface area contributed by atoms with Crippen LogP contribution in [0.5, 0.6) is 0 Å². The van der Waals surface area contributed by atoms with Gasteiger partial charge in [-0.1, -0.05) is 20.8 Å². The number of carbonyl (C=O) groups is 2. The molecule has 0 fully saturated rings. The molecule has 0 aromatic heterocycles. The smallest absolute Gasteiger partial charge is 0.338 e. The number of ether oxygens (including phenoxy) is 1. The highest BCUT2D eigenvalue weighted by Gasteiger charge is 2.26. The maximum atomic E-state index is 13.1. The Labute approximate surface area is 170 Å². The zero-order chi connectivity index (χ0) is 21.4. The van der Waals surface area contributed by atoms with Crippen molar-refractivity contribution in [2.45, 2.75) is 39.7 Å². The highest BCUT2D eigenvalue weighted by Crippen LogP contribution is 2.22. The quantitative estimate of drug-likeness (QED) is 0.600.